The lowest BCUT2D eigenvalue weighted by molar-refractivity contribution is 0.0203. The number of carbonyl (C=O) groups is 3. The summed E-state index contributed by atoms with van der Waals surface area (Å²) in [5, 5.41) is 10.8. The van der Waals surface area contributed by atoms with Crippen LogP contribution < -0.4 is 15.2 Å². The SMILES string of the molecule is Cc1cc(Cl)c(OC(=O)OC(C)(C)C)c(C)c1-n1c(N(C(=O)OC(C)(C)C)C(=O)OC(C)(C)C)c(C#N)c2cc(C)c(=O)[nH]c21. The molecule has 0 aliphatic carbocycles. The van der Waals surface area contributed by atoms with E-state index in [0.29, 0.717) is 10.5 Å². The van der Waals surface area contributed by atoms with Crippen LogP contribution in [-0.4, -0.2) is 44.7 Å². The Labute approximate surface area is 266 Å². The molecule has 0 aliphatic rings. The highest BCUT2D eigenvalue weighted by Gasteiger charge is 2.39. The lowest BCUT2D eigenvalue weighted by Gasteiger charge is -2.30. The Hall–Kier alpha value is -4.50. The molecule has 0 unspecified atom stereocenters. The van der Waals surface area contributed by atoms with Crippen molar-refractivity contribution in [3.63, 3.8) is 0 Å². The Bertz CT molecular complexity index is 1770. The number of aromatic amines is 1. The highest BCUT2D eigenvalue weighted by atomic mass is 35.5. The van der Waals surface area contributed by atoms with Gasteiger partial charge in [-0.15, -0.1) is 0 Å². The molecule has 12 nitrogen and oxygen atoms in total. The van der Waals surface area contributed by atoms with Crippen LogP contribution in [0.2, 0.25) is 5.02 Å². The van der Waals surface area contributed by atoms with Gasteiger partial charge in [-0.25, -0.2) is 14.4 Å². The first-order valence-electron chi connectivity index (χ1n) is 14.1. The Kier molecular flexibility index (Phi) is 9.42. The number of fused-ring (bicyclic) bond motifs is 1. The van der Waals surface area contributed by atoms with Gasteiger partial charge in [-0.3, -0.25) is 9.36 Å². The minimum absolute atomic E-state index is 0.0682. The third-order valence-corrected chi connectivity index (χ3v) is 6.32. The lowest BCUT2D eigenvalue weighted by Crippen LogP contribution is -2.45. The van der Waals surface area contributed by atoms with Crippen LogP contribution in [0.5, 0.6) is 5.75 Å². The van der Waals surface area contributed by atoms with E-state index in [4.69, 9.17) is 30.5 Å². The highest BCUT2D eigenvalue weighted by molar-refractivity contribution is 6.32. The number of ether oxygens (including phenoxy) is 4. The van der Waals surface area contributed by atoms with Crippen molar-refractivity contribution in [1.82, 2.24) is 9.55 Å². The fraction of sp³-hybridized carbons (Fsp3) is 0.469. The molecule has 0 spiro atoms. The van der Waals surface area contributed by atoms with Gasteiger partial charge in [0.05, 0.1) is 10.7 Å². The number of carbonyl (C=O) groups excluding carboxylic acids is 3. The molecule has 0 fully saturated rings. The van der Waals surface area contributed by atoms with Gasteiger partial charge >= 0.3 is 18.3 Å². The van der Waals surface area contributed by atoms with E-state index in [2.05, 4.69) is 11.1 Å². The van der Waals surface area contributed by atoms with Crippen molar-refractivity contribution in [1.29, 1.82) is 5.26 Å². The quantitative estimate of drug-likeness (QED) is 0.171. The van der Waals surface area contributed by atoms with Gasteiger partial charge in [0, 0.05) is 16.5 Å². The fourth-order valence-corrected chi connectivity index (χ4v) is 4.81. The molecule has 2 aromatic heterocycles. The van der Waals surface area contributed by atoms with Crippen molar-refractivity contribution in [3.05, 3.63) is 49.8 Å². The molecule has 0 saturated carbocycles. The molecule has 0 bridgehead atoms. The molecule has 242 valence electrons. The number of benzene rings is 1. The number of rotatable bonds is 3. The Morgan fingerprint density at radius 3 is 1.84 bits per heavy atom. The second kappa shape index (κ2) is 12.1. The summed E-state index contributed by atoms with van der Waals surface area (Å²) in [7, 11) is 0. The van der Waals surface area contributed by atoms with Crippen LogP contribution in [0.3, 0.4) is 0 Å². The van der Waals surface area contributed by atoms with Crippen molar-refractivity contribution in [3.8, 4) is 17.5 Å². The second-order valence-electron chi connectivity index (χ2n) is 13.5. The fourth-order valence-electron chi connectivity index (χ4n) is 4.46. The van der Waals surface area contributed by atoms with Gasteiger partial charge in [-0.05, 0) is 101 Å². The maximum Gasteiger partial charge on any atom is 0.514 e. The van der Waals surface area contributed by atoms with Gasteiger partial charge in [0.25, 0.3) is 5.56 Å². The molecule has 3 rings (SSSR count). The first-order chi connectivity index (χ1) is 20.5. The molecule has 1 aromatic carbocycles. The van der Waals surface area contributed by atoms with E-state index in [1.165, 1.54) is 16.7 Å². The number of nitrogens with one attached hydrogen (secondary N) is 1. The minimum atomic E-state index is -1.13. The topological polar surface area (TPSA) is 153 Å². The summed E-state index contributed by atoms with van der Waals surface area (Å²) in [4.78, 5) is 56.7. The molecule has 2 amide bonds. The average molecular weight is 643 g/mol. The minimum Gasteiger partial charge on any atom is -0.443 e. The van der Waals surface area contributed by atoms with Gasteiger partial charge in [0.2, 0.25) is 0 Å². The summed E-state index contributed by atoms with van der Waals surface area (Å²) in [5.41, 5.74) is -2.23. The number of nitriles is 1. The van der Waals surface area contributed by atoms with Crippen molar-refractivity contribution >= 4 is 46.8 Å². The van der Waals surface area contributed by atoms with E-state index < -0.39 is 40.7 Å². The van der Waals surface area contributed by atoms with E-state index in [1.807, 2.05) is 0 Å². The summed E-state index contributed by atoms with van der Waals surface area (Å²) in [5.74, 6) is -0.345. The molecule has 3 aromatic rings. The van der Waals surface area contributed by atoms with E-state index in [0.717, 1.165) is 0 Å². The van der Waals surface area contributed by atoms with Crippen molar-refractivity contribution < 1.29 is 33.3 Å². The molecular weight excluding hydrogens is 604 g/mol. The van der Waals surface area contributed by atoms with Crippen LogP contribution in [0.25, 0.3) is 16.7 Å². The summed E-state index contributed by atoms with van der Waals surface area (Å²) >= 11 is 6.54. The van der Waals surface area contributed by atoms with Gasteiger partial charge in [0.1, 0.15) is 34.1 Å². The van der Waals surface area contributed by atoms with E-state index in [1.54, 1.807) is 83.1 Å². The van der Waals surface area contributed by atoms with Crippen LogP contribution in [0, 0.1) is 32.1 Å². The molecule has 0 aliphatic heterocycles. The van der Waals surface area contributed by atoms with E-state index in [-0.39, 0.29) is 50.0 Å². The van der Waals surface area contributed by atoms with E-state index >= 15 is 0 Å². The number of amides is 2. The third kappa shape index (κ3) is 7.78. The molecule has 45 heavy (non-hydrogen) atoms. The number of aryl methyl sites for hydroxylation is 2. The number of halogens is 1. The maximum absolute atomic E-state index is 13.8. The van der Waals surface area contributed by atoms with Gasteiger partial charge in [0.15, 0.2) is 11.6 Å². The Morgan fingerprint density at radius 2 is 1.38 bits per heavy atom. The number of nitrogens with zero attached hydrogens (tertiary/aromatic N) is 3. The Morgan fingerprint density at radius 1 is 0.867 bits per heavy atom. The van der Waals surface area contributed by atoms with Crippen LogP contribution in [0.15, 0.2) is 16.9 Å². The monoisotopic (exact) mass is 642 g/mol. The van der Waals surface area contributed by atoms with Crippen molar-refractivity contribution in [2.45, 2.75) is 99.9 Å². The highest BCUT2D eigenvalue weighted by Crippen LogP contribution is 2.42. The zero-order valence-corrected chi connectivity index (χ0v) is 28.4. The summed E-state index contributed by atoms with van der Waals surface area (Å²) < 4.78 is 23.4. The Balaban J connectivity index is 2.54. The van der Waals surface area contributed by atoms with Gasteiger partial charge in [-0.2, -0.15) is 10.2 Å². The molecule has 0 saturated heterocycles. The predicted octanol–water partition coefficient (Wildman–Crippen LogP) is 7.76. The summed E-state index contributed by atoms with van der Waals surface area (Å²) in [6.45, 7) is 19.6. The smallest absolute Gasteiger partial charge is 0.443 e. The number of aromatic nitrogens is 2. The van der Waals surface area contributed by atoms with Gasteiger partial charge < -0.3 is 23.9 Å². The first kappa shape index (κ1) is 35.0. The van der Waals surface area contributed by atoms with Crippen molar-refractivity contribution in [2.24, 2.45) is 0 Å². The second-order valence-corrected chi connectivity index (χ2v) is 13.9. The van der Waals surface area contributed by atoms with Crippen LogP contribution in [0.1, 0.15) is 84.6 Å². The molecular formula is C32H39ClN4O8. The number of anilines is 1. The zero-order valence-electron chi connectivity index (χ0n) is 27.6. The number of H-pyrrole nitrogens is 1. The largest absolute Gasteiger partial charge is 0.514 e. The van der Waals surface area contributed by atoms with Crippen LogP contribution in [0.4, 0.5) is 20.2 Å². The summed E-state index contributed by atoms with van der Waals surface area (Å²) in [6.07, 6.45) is -3.29. The van der Waals surface area contributed by atoms with Crippen LogP contribution >= 0.6 is 11.6 Å². The standard InChI is InChI=1S/C32H39ClN4O8/c1-16-14-21(33)23(42-29(41)45-32(10,11)12)18(3)22(16)36-24-19(13-17(2)25(38)35-24)20(15-34)26(36)37(27(39)43-30(4,5)6)28(40)44-31(7,8)9/h13-14H,1-12H3,(H,35,38). The third-order valence-electron chi connectivity index (χ3n) is 6.04. The number of pyridine rings is 1. The average Bonchev–Trinajstić information content (AvgIpc) is 3.11. The molecule has 1 N–H and O–H groups in total. The van der Waals surface area contributed by atoms with E-state index in [9.17, 15) is 24.4 Å². The maximum atomic E-state index is 13.8. The number of hydrogen-bond acceptors (Lipinski definition) is 9. The lowest BCUT2D eigenvalue weighted by atomic mass is 10.1. The number of imide groups is 1. The van der Waals surface area contributed by atoms with Crippen molar-refractivity contribution in [2.75, 3.05) is 4.90 Å². The molecule has 13 heteroatoms. The molecule has 0 radical (unpaired) electrons. The van der Waals surface area contributed by atoms with Crippen LogP contribution in [-0.2, 0) is 14.2 Å². The van der Waals surface area contributed by atoms with Gasteiger partial charge in [-0.1, -0.05) is 11.6 Å². The first-order valence-corrected chi connectivity index (χ1v) is 14.5. The summed E-state index contributed by atoms with van der Waals surface area (Å²) in [6, 6.07) is 5.07. The normalized spacial score (nSPS) is 12.0. The molecule has 2 heterocycles. The zero-order chi connectivity index (χ0) is 34.4. The number of hydrogen-bond donors (Lipinski definition) is 1. The molecule has 0 atom stereocenters. The predicted molar refractivity (Wildman–Crippen MR) is 170 cm³/mol.